The molecule has 2 N–H and O–H groups in total. The van der Waals surface area contributed by atoms with Gasteiger partial charge in [-0.3, -0.25) is 4.79 Å². The van der Waals surface area contributed by atoms with Crippen molar-refractivity contribution in [2.24, 2.45) is 5.92 Å². The van der Waals surface area contributed by atoms with Gasteiger partial charge in [0, 0.05) is 36.3 Å². The smallest absolute Gasteiger partial charge is 0.228 e. The molecule has 4 rings (SSSR count). The minimum absolute atomic E-state index is 0.0267. The first-order valence-electron chi connectivity index (χ1n) is 8.10. The zero-order valence-electron chi connectivity index (χ0n) is 13.5. The van der Waals surface area contributed by atoms with Gasteiger partial charge in [-0.1, -0.05) is 12.1 Å². The third kappa shape index (κ3) is 3.21. The monoisotopic (exact) mass is 335 g/mol. The Hall–Kier alpha value is -3.22. The number of fused-ring (bicyclic) bond motifs is 1. The van der Waals surface area contributed by atoms with Gasteiger partial charge in [-0.2, -0.15) is 0 Å². The molecule has 1 atom stereocenters. The predicted octanol–water partition coefficient (Wildman–Crippen LogP) is 2.25. The van der Waals surface area contributed by atoms with E-state index in [4.69, 9.17) is 0 Å². The van der Waals surface area contributed by atoms with Crippen LogP contribution in [-0.2, 0) is 17.8 Å². The highest BCUT2D eigenvalue weighted by Crippen LogP contribution is 2.23. The number of imidazole rings is 1. The summed E-state index contributed by atoms with van der Waals surface area (Å²) >= 11 is 0. The van der Waals surface area contributed by atoms with E-state index in [0.717, 1.165) is 24.2 Å². The van der Waals surface area contributed by atoms with Gasteiger partial charge >= 0.3 is 0 Å². The maximum atomic E-state index is 12.5. The summed E-state index contributed by atoms with van der Waals surface area (Å²) in [5, 5.41) is 12.4. The number of nitrogens with zero attached hydrogens (tertiary/aromatic N) is 4. The van der Waals surface area contributed by atoms with E-state index in [9.17, 15) is 9.90 Å². The molecule has 0 fully saturated rings. The molecular formula is C18H17N5O2. The summed E-state index contributed by atoms with van der Waals surface area (Å²) in [5.41, 5.74) is 2.37. The van der Waals surface area contributed by atoms with Gasteiger partial charge in [0.05, 0.1) is 24.4 Å². The van der Waals surface area contributed by atoms with Crippen LogP contribution in [0.5, 0.6) is 5.75 Å². The van der Waals surface area contributed by atoms with Crippen molar-refractivity contribution < 1.29 is 9.90 Å². The lowest BCUT2D eigenvalue weighted by Gasteiger charge is -2.22. The van der Waals surface area contributed by atoms with Crippen LogP contribution in [0.4, 0.5) is 5.69 Å². The van der Waals surface area contributed by atoms with Crippen molar-refractivity contribution >= 4 is 11.6 Å². The molecule has 1 aliphatic rings. The summed E-state index contributed by atoms with van der Waals surface area (Å²) < 4.78 is 2.08. The van der Waals surface area contributed by atoms with Crippen LogP contribution in [0, 0.1) is 5.92 Å². The van der Waals surface area contributed by atoms with Crippen molar-refractivity contribution in [3.05, 3.63) is 54.9 Å². The van der Waals surface area contributed by atoms with Crippen LogP contribution in [-0.4, -0.2) is 30.5 Å². The molecule has 0 saturated carbocycles. The molecule has 25 heavy (non-hydrogen) atoms. The molecule has 2 aromatic heterocycles. The van der Waals surface area contributed by atoms with Crippen LogP contribution >= 0.6 is 0 Å². The molecule has 1 amide bonds. The third-order valence-electron chi connectivity index (χ3n) is 4.37. The highest BCUT2D eigenvalue weighted by atomic mass is 16.3. The Bertz CT molecular complexity index is 904. The van der Waals surface area contributed by atoms with Gasteiger partial charge in [-0.15, -0.1) is 0 Å². The first kappa shape index (κ1) is 15.3. The third-order valence-corrected chi connectivity index (χ3v) is 4.37. The van der Waals surface area contributed by atoms with Gasteiger partial charge in [-0.05, 0) is 18.6 Å². The summed E-state index contributed by atoms with van der Waals surface area (Å²) in [7, 11) is 0. The highest BCUT2D eigenvalue weighted by Gasteiger charge is 2.25. The zero-order chi connectivity index (χ0) is 17.2. The molecular weight excluding hydrogens is 318 g/mol. The summed E-state index contributed by atoms with van der Waals surface area (Å²) in [6.45, 7) is 0.806. The van der Waals surface area contributed by atoms with Gasteiger partial charge < -0.3 is 15.0 Å². The van der Waals surface area contributed by atoms with E-state index in [1.54, 1.807) is 36.9 Å². The van der Waals surface area contributed by atoms with Gasteiger partial charge in [-0.25, -0.2) is 15.0 Å². The molecule has 3 aromatic rings. The van der Waals surface area contributed by atoms with Crippen LogP contribution in [0.3, 0.4) is 0 Å². The van der Waals surface area contributed by atoms with Crippen LogP contribution in [0.25, 0.3) is 11.4 Å². The van der Waals surface area contributed by atoms with Crippen LogP contribution in [0.2, 0.25) is 0 Å². The van der Waals surface area contributed by atoms with Crippen LogP contribution < -0.4 is 5.32 Å². The second-order valence-electron chi connectivity index (χ2n) is 6.10. The summed E-state index contributed by atoms with van der Waals surface area (Å²) in [4.78, 5) is 25.1. The minimum Gasteiger partial charge on any atom is -0.508 e. The molecule has 3 heterocycles. The number of carbonyl (C=O) groups is 1. The van der Waals surface area contributed by atoms with E-state index in [1.165, 1.54) is 0 Å². The molecule has 0 saturated heterocycles. The Balaban J connectivity index is 1.44. The summed E-state index contributed by atoms with van der Waals surface area (Å²) in [6, 6.07) is 6.74. The number of rotatable bonds is 3. The van der Waals surface area contributed by atoms with Crippen LogP contribution in [0.15, 0.2) is 49.2 Å². The molecule has 7 nitrogen and oxygen atoms in total. The van der Waals surface area contributed by atoms with E-state index < -0.39 is 0 Å². The quantitative estimate of drug-likeness (QED) is 0.766. The highest BCUT2D eigenvalue weighted by molar-refractivity contribution is 5.92. The molecule has 0 bridgehead atoms. The Morgan fingerprint density at radius 3 is 2.88 bits per heavy atom. The molecule has 0 aliphatic carbocycles. The molecule has 126 valence electrons. The number of benzene rings is 1. The van der Waals surface area contributed by atoms with E-state index in [-0.39, 0.29) is 17.6 Å². The minimum atomic E-state index is -0.0741. The Morgan fingerprint density at radius 2 is 2.08 bits per heavy atom. The molecule has 0 radical (unpaired) electrons. The first-order valence-corrected chi connectivity index (χ1v) is 8.10. The maximum absolute atomic E-state index is 12.5. The van der Waals surface area contributed by atoms with Gasteiger partial charge in [0.25, 0.3) is 0 Å². The van der Waals surface area contributed by atoms with E-state index in [0.29, 0.717) is 17.9 Å². The standard InChI is InChI=1S/C18H17N5O2/c24-16-3-1-2-12(7-16)17-20-8-14(9-21-17)22-18(25)13-4-5-23-11-19-10-15(23)6-13/h1-3,7-11,13,24H,4-6H2,(H,22,25). The van der Waals surface area contributed by atoms with E-state index >= 15 is 0 Å². The lowest BCUT2D eigenvalue weighted by molar-refractivity contribution is -0.120. The normalized spacial score (nSPS) is 16.2. The number of phenols is 1. The molecule has 7 heteroatoms. The predicted molar refractivity (Wildman–Crippen MR) is 91.8 cm³/mol. The largest absolute Gasteiger partial charge is 0.508 e. The molecule has 1 unspecified atom stereocenters. The van der Waals surface area contributed by atoms with Gasteiger partial charge in [0.1, 0.15) is 5.75 Å². The Morgan fingerprint density at radius 1 is 1.24 bits per heavy atom. The number of hydrogen-bond acceptors (Lipinski definition) is 5. The van der Waals surface area contributed by atoms with Crippen molar-refractivity contribution in [3.8, 4) is 17.1 Å². The van der Waals surface area contributed by atoms with E-state index in [1.807, 2.05) is 12.3 Å². The van der Waals surface area contributed by atoms with E-state index in [2.05, 4.69) is 24.8 Å². The topological polar surface area (TPSA) is 92.9 Å². The molecule has 1 aromatic carbocycles. The number of nitrogens with one attached hydrogen (secondary N) is 1. The average Bonchev–Trinajstić information content (AvgIpc) is 3.10. The van der Waals surface area contributed by atoms with Crippen molar-refractivity contribution in [2.75, 3.05) is 5.32 Å². The van der Waals surface area contributed by atoms with Crippen molar-refractivity contribution in [1.82, 2.24) is 19.5 Å². The maximum Gasteiger partial charge on any atom is 0.228 e. The fraction of sp³-hybridized carbons (Fsp3) is 0.222. The number of aromatic hydroxyl groups is 1. The van der Waals surface area contributed by atoms with Gasteiger partial charge in [0.2, 0.25) is 5.91 Å². The van der Waals surface area contributed by atoms with Crippen molar-refractivity contribution in [2.45, 2.75) is 19.4 Å². The number of carbonyl (C=O) groups excluding carboxylic acids is 1. The van der Waals surface area contributed by atoms with Gasteiger partial charge in [0.15, 0.2) is 5.82 Å². The number of amides is 1. The fourth-order valence-electron chi connectivity index (χ4n) is 3.02. The Kier molecular flexibility index (Phi) is 3.89. The lowest BCUT2D eigenvalue weighted by atomic mass is 9.95. The van der Waals surface area contributed by atoms with Crippen molar-refractivity contribution in [3.63, 3.8) is 0 Å². The number of anilines is 1. The number of aromatic nitrogens is 4. The fourth-order valence-corrected chi connectivity index (χ4v) is 3.02. The molecule has 1 aliphatic heterocycles. The van der Waals surface area contributed by atoms with Crippen LogP contribution in [0.1, 0.15) is 12.1 Å². The lowest BCUT2D eigenvalue weighted by Crippen LogP contribution is -2.30. The first-order chi connectivity index (χ1) is 12.2. The second kappa shape index (κ2) is 6.35. The summed E-state index contributed by atoms with van der Waals surface area (Å²) in [5.74, 6) is 0.557. The summed E-state index contributed by atoms with van der Waals surface area (Å²) in [6.07, 6.45) is 8.25. The van der Waals surface area contributed by atoms with Crippen molar-refractivity contribution in [1.29, 1.82) is 0 Å². The Labute approximate surface area is 144 Å². The second-order valence-corrected chi connectivity index (χ2v) is 6.10. The average molecular weight is 335 g/mol. The molecule has 0 spiro atoms. The number of aryl methyl sites for hydroxylation is 1. The zero-order valence-corrected chi connectivity index (χ0v) is 13.5. The number of phenolic OH excluding ortho intramolecular Hbond substituents is 1. The SMILES string of the molecule is O=C(Nc1cnc(-c2cccc(O)c2)nc1)C1CCn2cncc2C1. The number of hydrogen-bond donors (Lipinski definition) is 2.